The van der Waals surface area contributed by atoms with Gasteiger partial charge in [0.15, 0.2) is 11.5 Å². The molecule has 4 saturated carbocycles. The van der Waals surface area contributed by atoms with Crippen molar-refractivity contribution in [3.63, 3.8) is 0 Å². The lowest BCUT2D eigenvalue weighted by molar-refractivity contribution is -0.148. The maximum atomic E-state index is 16.3. The van der Waals surface area contributed by atoms with Gasteiger partial charge in [0.05, 0.1) is 30.9 Å². The number of fused-ring (bicyclic) bond motifs is 1. The number of phenolic OH excluding ortho intramolecular Hbond substituents is 3. The number of nitrogens with zero attached hydrogens (tertiary/aromatic N) is 2. The SMILES string of the molecule is COc1cc2cc(O)c1Oc1cc(O)cc(c1)C[C@@H]1CC[C@]3(CC[C@@]45CC[C@]6(C4)[C@H](O)c4ccc7c8cn(c(c48)[C@@H]6C=C[C@H]35)[C@H]2CC(=O)C[C@H](OC(C)=O)CC[C@]23C4=CC=C[C@@H]2CC=C[C@@H]3c2c[nH]cc2[C@@H](C#CC4)[C@@H](c2cccc(O)c2)C2=CCNC(=C2)N7CCC(=O)C2CCCC2)C[C@H]1CO. The average molecular weight is 1380 g/mol. The number of aliphatic hydroxyl groups is 2. The van der Waals surface area contributed by atoms with Gasteiger partial charge < -0.3 is 59.5 Å². The Morgan fingerprint density at radius 1 is 0.835 bits per heavy atom. The van der Waals surface area contributed by atoms with E-state index in [1.54, 1.807) is 18.2 Å². The summed E-state index contributed by atoms with van der Waals surface area (Å²) in [7, 11) is 1.53. The van der Waals surface area contributed by atoms with E-state index in [4.69, 9.17) is 14.2 Å². The third kappa shape index (κ3) is 10.7. The number of aromatic amines is 1. The summed E-state index contributed by atoms with van der Waals surface area (Å²) in [5, 5.41) is 66.9. The zero-order valence-electron chi connectivity index (χ0n) is 59.1. The van der Waals surface area contributed by atoms with Gasteiger partial charge in [-0.1, -0.05) is 97.1 Å². The molecule has 4 aromatic carbocycles. The number of aromatic hydroxyl groups is 3. The standard InChI is InChI=1S/C88H94N4O11/c1-51(94)102-64-24-28-88-59-12-6-13-60(88)15-8-18-71(88)69-47-89-46-68(69)66(17-7-14-59)80(55-11-5-16-61(95)38-55)56-25-33-90-79(41-56)91(34-26-75(98)53-9-3-4-10-53)73-21-19-67-81-70(73)48-92-74(44-63(97)42-64)57-39-76(99)83(77(40-57)101-2)103-65-37-52(36-62(96)43-65)35-54-23-27-85(45-58(54)49-93)29-30-86-31-32-87(50-86,84(67)100)72(82(81)92)20-22-78(85)86/h5-6,8,11-13,16,18-22,25,36-41,43,46-48,53-54,58,60,64,66,71-72,74,78,80,84,89-90,93,95-96,99-100H,3-4,9-10,14-15,23-24,26-35,42,44-45,49-50H2,1-2H3/t54-,58-,60+,64+,66+,71+,72-,74-,78+,80-,84+,85-,86+,87+,88-/m0/s1. The Morgan fingerprint density at radius 2 is 1.69 bits per heavy atom. The molecule has 0 amide bonds. The number of benzene rings is 4. The summed E-state index contributed by atoms with van der Waals surface area (Å²) in [6, 6.07) is 19.8. The van der Waals surface area contributed by atoms with E-state index >= 15 is 4.79 Å². The Kier molecular flexibility index (Phi) is 16.3. The van der Waals surface area contributed by atoms with E-state index in [-0.39, 0.29) is 118 Å². The highest BCUT2D eigenvalue weighted by Gasteiger charge is 2.67. The van der Waals surface area contributed by atoms with Crippen molar-refractivity contribution in [2.24, 2.45) is 51.2 Å². The van der Waals surface area contributed by atoms with Crippen LogP contribution in [-0.4, -0.2) is 85.5 Å². The predicted octanol–water partition coefficient (Wildman–Crippen LogP) is 16.2. The van der Waals surface area contributed by atoms with Gasteiger partial charge >= 0.3 is 5.97 Å². The van der Waals surface area contributed by atoms with Crippen molar-refractivity contribution < 1.29 is 54.1 Å². The maximum Gasteiger partial charge on any atom is 0.302 e. The highest BCUT2D eigenvalue weighted by Crippen LogP contribution is 2.76. The summed E-state index contributed by atoms with van der Waals surface area (Å²) >= 11 is 0. The third-order valence-corrected chi connectivity index (χ3v) is 27.9. The Hall–Kier alpha value is -8.97. The second-order valence-corrected chi connectivity index (χ2v) is 32.9. The molecule has 103 heavy (non-hydrogen) atoms. The number of nitrogens with one attached hydrogen (secondary N) is 2. The molecule has 9 aliphatic carbocycles. The summed E-state index contributed by atoms with van der Waals surface area (Å²) in [4.78, 5) is 50.7. The number of H-pyrrole nitrogens is 1. The number of carbonyl (C=O) groups excluding carboxylic acids is 3. The van der Waals surface area contributed by atoms with Gasteiger partial charge in [0.2, 0.25) is 5.75 Å². The second kappa shape index (κ2) is 25.4. The number of hydrogen-bond acceptors (Lipinski definition) is 13. The smallest absolute Gasteiger partial charge is 0.302 e. The number of rotatable bonds is 8. The number of aliphatic hydroxyl groups excluding tert-OH is 2. The van der Waals surface area contributed by atoms with E-state index in [1.807, 2.05) is 24.3 Å². The Labute approximate surface area is 602 Å². The molecule has 0 unspecified atom stereocenters. The van der Waals surface area contributed by atoms with Crippen LogP contribution in [0.5, 0.6) is 34.5 Å². The van der Waals surface area contributed by atoms with Gasteiger partial charge in [-0.3, -0.25) is 14.4 Å². The van der Waals surface area contributed by atoms with Gasteiger partial charge in [-0.2, -0.15) is 0 Å². The van der Waals surface area contributed by atoms with Crippen LogP contribution in [0.1, 0.15) is 204 Å². The van der Waals surface area contributed by atoms with Crippen LogP contribution in [0.25, 0.3) is 10.8 Å². The molecule has 15 aliphatic rings. The van der Waals surface area contributed by atoms with Gasteiger partial charge in [-0.15, -0.1) is 0 Å². The Bertz CT molecular complexity index is 4740. The number of aromatic nitrogens is 2. The summed E-state index contributed by atoms with van der Waals surface area (Å²) in [6.07, 6.45) is 39.5. The quantitative estimate of drug-likeness (QED) is 0.0429. The van der Waals surface area contributed by atoms with Crippen LogP contribution in [0.15, 0.2) is 157 Å². The zero-order chi connectivity index (χ0) is 70.3. The van der Waals surface area contributed by atoms with E-state index in [9.17, 15) is 35.1 Å². The Morgan fingerprint density at radius 3 is 2.53 bits per heavy atom. The summed E-state index contributed by atoms with van der Waals surface area (Å²) < 4.78 is 21.7. The molecule has 8 heterocycles. The van der Waals surface area contributed by atoms with Crippen molar-refractivity contribution in [2.45, 2.75) is 177 Å². The van der Waals surface area contributed by atoms with Crippen LogP contribution in [0.2, 0.25) is 0 Å². The number of ether oxygens (including phenoxy) is 3. The van der Waals surface area contributed by atoms with Crippen LogP contribution >= 0.6 is 0 Å². The summed E-state index contributed by atoms with van der Waals surface area (Å²) in [6.45, 7) is 2.22. The number of Topliss-reactive ketones (excluding diaryl/α,β-unsaturated/α-hetero) is 2. The molecule has 21 rings (SSSR count). The molecular weight excluding hydrogens is 1290 g/mol. The van der Waals surface area contributed by atoms with Crippen LogP contribution in [-0.2, 0) is 25.5 Å². The average Bonchev–Trinajstić information content (AvgIpc) is 1.52. The molecule has 15 heteroatoms. The monoisotopic (exact) mass is 1380 g/mol. The number of allylic oxidation sites excluding steroid dienone is 10. The number of hydrogen-bond donors (Lipinski definition) is 7. The lowest BCUT2D eigenvalue weighted by Crippen LogP contribution is -2.41. The first-order chi connectivity index (χ1) is 50.1. The molecule has 532 valence electrons. The summed E-state index contributed by atoms with van der Waals surface area (Å²) in [5.41, 5.74) is 7.84. The topological polar surface area (TPSA) is 216 Å². The molecule has 16 bridgehead atoms. The van der Waals surface area contributed by atoms with E-state index in [2.05, 4.69) is 123 Å². The molecule has 0 radical (unpaired) electrons. The van der Waals surface area contributed by atoms with E-state index in [0.717, 1.165) is 145 Å². The molecule has 15 atom stereocenters. The van der Waals surface area contributed by atoms with Crippen molar-refractivity contribution in [3.8, 4) is 46.3 Å². The minimum atomic E-state index is -0.885. The number of esters is 1. The largest absolute Gasteiger partial charge is 0.508 e. The lowest BCUT2D eigenvalue weighted by atomic mass is 9.53. The van der Waals surface area contributed by atoms with Crippen LogP contribution in [0.3, 0.4) is 0 Å². The van der Waals surface area contributed by atoms with Crippen molar-refractivity contribution >= 4 is 34.0 Å². The second-order valence-electron chi connectivity index (χ2n) is 32.9. The molecule has 4 spiro atoms. The van der Waals surface area contributed by atoms with Crippen molar-refractivity contribution in [2.75, 3.05) is 31.7 Å². The van der Waals surface area contributed by atoms with Crippen LogP contribution < -0.4 is 19.7 Å². The predicted molar refractivity (Wildman–Crippen MR) is 394 cm³/mol. The molecule has 15 nitrogen and oxygen atoms in total. The molecule has 7 N–H and O–H groups in total. The van der Waals surface area contributed by atoms with Gasteiger partial charge in [0.1, 0.15) is 40.7 Å². The Balaban J connectivity index is 0.897. The number of phenols is 3. The number of methoxy groups -OCH3 is 1. The van der Waals surface area contributed by atoms with Crippen LogP contribution in [0, 0.1) is 63.1 Å². The minimum absolute atomic E-state index is 0.00207. The normalized spacial score (nSPS) is 33.0. The molecule has 0 saturated heterocycles. The van der Waals surface area contributed by atoms with Gasteiger partial charge in [-0.05, 0) is 212 Å². The number of carbonyl (C=O) groups is 3. The number of ketones is 2. The van der Waals surface area contributed by atoms with Crippen molar-refractivity contribution in [1.29, 1.82) is 0 Å². The first-order valence-electron chi connectivity index (χ1n) is 38.3. The van der Waals surface area contributed by atoms with Crippen LogP contribution in [0.4, 0.5) is 5.69 Å². The molecule has 2 aromatic heterocycles. The number of dihydropyridines is 1. The van der Waals surface area contributed by atoms with Crippen molar-refractivity contribution in [1.82, 2.24) is 14.9 Å². The first-order valence-corrected chi connectivity index (χ1v) is 38.3. The molecular formula is C88H94N4O11. The third-order valence-electron chi connectivity index (χ3n) is 27.9. The first kappa shape index (κ1) is 66.0. The van der Waals surface area contributed by atoms with E-state index in [0.29, 0.717) is 50.1 Å². The maximum absolute atomic E-state index is 16.3. The van der Waals surface area contributed by atoms with Gasteiger partial charge in [-0.25, -0.2) is 0 Å². The highest BCUT2D eigenvalue weighted by atomic mass is 16.5. The molecule has 4 fully saturated rings. The lowest BCUT2D eigenvalue weighted by Gasteiger charge is -2.50. The zero-order valence-corrected chi connectivity index (χ0v) is 59.1. The van der Waals surface area contributed by atoms with E-state index in [1.165, 1.54) is 25.7 Å². The van der Waals surface area contributed by atoms with Gasteiger partial charge in [0, 0.05) is 128 Å². The van der Waals surface area contributed by atoms with E-state index < -0.39 is 46.9 Å². The fourth-order valence-electron chi connectivity index (χ4n) is 23.4. The molecule has 6 aromatic rings. The fraction of sp³-hybridized carbons (Fsp3) is 0.466. The van der Waals surface area contributed by atoms with Crippen molar-refractivity contribution in [3.05, 3.63) is 196 Å². The molecule has 6 aliphatic heterocycles. The minimum Gasteiger partial charge on any atom is -0.508 e. The highest BCUT2D eigenvalue weighted by molar-refractivity contribution is 6.01. The number of anilines is 1. The van der Waals surface area contributed by atoms with Gasteiger partial charge in [0.25, 0.3) is 0 Å². The summed E-state index contributed by atoms with van der Waals surface area (Å²) in [5.74, 6) is 7.52. The fourth-order valence-corrected chi connectivity index (χ4v) is 23.4.